The lowest BCUT2D eigenvalue weighted by Gasteiger charge is -2.24. The van der Waals surface area contributed by atoms with Crippen molar-refractivity contribution < 1.29 is 29.9 Å². The van der Waals surface area contributed by atoms with Gasteiger partial charge in [0, 0.05) is 25.6 Å². The maximum absolute atomic E-state index is 10.8. The number of rotatable bonds is 18. The van der Waals surface area contributed by atoms with Gasteiger partial charge in [0.15, 0.2) is 17.6 Å². The first-order valence-corrected chi connectivity index (χ1v) is 14.3. The van der Waals surface area contributed by atoms with Crippen LogP contribution in [0.4, 0.5) is 0 Å². The molecule has 216 valence electrons. The number of nitrogens with one attached hydrogen (secondary N) is 1. The summed E-state index contributed by atoms with van der Waals surface area (Å²) in [6.07, 6.45) is 14.4. The highest BCUT2D eigenvalue weighted by Crippen LogP contribution is 2.31. The van der Waals surface area contributed by atoms with E-state index in [4.69, 9.17) is 9.47 Å². The highest BCUT2D eigenvalue weighted by Gasteiger charge is 2.35. The second-order valence-corrected chi connectivity index (χ2v) is 10.7. The summed E-state index contributed by atoms with van der Waals surface area (Å²) >= 11 is 0. The number of aliphatic hydroxyl groups excluding tert-OH is 3. The quantitative estimate of drug-likeness (QED) is 0.142. The van der Waals surface area contributed by atoms with E-state index in [9.17, 15) is 20.4 Å². The summed E-state index contributed by atoms with van der Waals surface area (Å²) in [5, 5.41) is 43.4. The van der Waals surface area contributed by atoms with Gasteiger partial charge in [-0.15, -0.1) is 17.1 Å². The Labute approximate surface area is 233 Å². The number of hydrogen-bond acceptors (Lipinski definition) is 7. The molecule has 1 aromatic rings. The number of aromatic hydroxyl groups is 1. The number of allylic oxidation sites excluding steroid dienone is 1. The van der Waals surface area contributed by atoms with Gasteiger partial charge in [0.1, 0.15) is 30.9 Å². The number of benzene rings is 1. The van der Waals surface area contributed by atoms with Gasteiger partial charge in [-0.05, 0) is 63.6 Å². The Balaban J connectivity index is 1.50. The van der Waals surface area contributed by atoms with Gasteiger partial charge in [-0.1, -0.05) is 19.4 Å². The van der Waals surface area contributed by atoms with Crippen molar-refractivity contribution in [2.75, 3.05) is 19.8 Å². The number of aliphatic hydroxyl groups is 5. The summed E-state index contributed by atoms with van der Waals surface area (Å²) in [5.74, 6) is 1.41. The largest absolute Gasteiger partial charge is 0.504 e. The van der Waals surface area contributed by atoms with E-state index in [0.717, 1.165) is 43.3 Å². The van der Waals surface area contributed by atoms with Gasteiger partial charge in [-0.2, -0.15) is 0 Å². The van der Waals surface area contributed by atoms with E-state index >= 15 is 0 Å². The fourth-order valence-corrected chi connectivity index (χ4v) is 4.82. The lowest BCUT2D eigenvalue weighted by atomic mass is 9.86. The number of aliphatic imine (C=N–C) groups is 1. The first-order chi connectivity index (χ1) is 18.8. The predicted molar refractivity (Wildman–Crippen MR) is 155 cm³/mol. The van der Waals surface area contributed by atoms with E-state index in [1.165, 1.54) is 12.8 Å². The fraction of sp³-hybridized carbons (Fsp3) is 0.581. The molecule has 0 radical (unpaired) electrons. The molecule has 5 atom stereocenters. The molecule has 0 saturated carbocycles. The van der Waals surface area contributed by atoms with Crippen molar-refractivity contribution in [2.45, 2.75) is 90.1 Å². The Morgan fingerprint density at radius 2 is 2.05 bits per heavy atom. The minimum atomic E-state index is -0.951. The highest BCUT2D eigenvalue weighted by molar-refractivity contribution is 5.83. The molecule has 8 heteroatoms. The maximum Gasteiger partial charge on any atom is 0.207 e. The van der Waals surface area contributed by atoms with E-state index in [2.05, 4.69) is 36.3 Å². The number of phenolic OH excluding ortho intramolecular Hbond substituents is 1. The Hall–Kier alpha value is -2.49. The summed E-state index contributed by atoms with van der Waals surface area (Å²) in [6.45, 7) is 6.54. The molecular formula is C31H47N2O6+. The van der Waals surface area contributed by atoms with Gasteiger partial charge in [0.25, 0.3) is 0 Å². The molecule has 5 unspecified atom stereocenters. The molecule has 0 fully saturated rings. The molecule has 3 rings (SSSR count). The number of hydrogen-bond donors (Lipinski definition) is 5. The first-order valence-electron chi connectivity index (χ1n) is 14.3. The molecule has 8 nitrogen and oxygen atoms in total. The second-order valence-electron chi connectivity index (χ2n) is 10.7. The number of phenols is 1. The van der Waals surface area contributed by atoms with Gasteiger partial charge >= 0.3 is 0 Å². The molecule has 0 aromatic heterocycles. The number of unbranched alkanes of at least 4 members (excludes halogenated alkanes) is 1. The van der Waals surface area contributed by atoms with Gasteiger partial charge in [0.2, 0.25) is 5.70 Å². The standard InChI is InChI=1S/C31H46N2O6/c1-4-5-7-25-12-13-26(39-25)11-9-23-10-14-29(36)31(16-23)38-20-30(37)28-17-24(19-33-28)22(3)27(8-6-15-34)32-18-21(2)35/h10,12-14,16-17,19,21-22,25,27,30,32,34-35,37,39H,4-9,11,15,18,20H2,1-3H3/p+1. The van der Waals surface area contributed by atoms with Crippen LogP contribution in [0.5, 0.6) is 11.5 Å². The van der Waals surface area contributed by atoms with E-state index in [1.54, 1.807) is 19.2 Å². The number of nitrogens with zero attached hydrogens (tertiary/aromatic N) is 1. The van der Waals surface area contributed by atoms with Crippen LogP contribution in [0.2, 0.25) is 0 Å². The Morgan fingerprint density at radius 1 is 1.23 bits per heavy atom. The summed E-state index contributed by atoms with van der Waals surface area (Å²) < 4.78 is 10.6. The SMILES string of the molecule is CCCCC1C=C[C-](CCc2ccc(O)c(OCC(O)C3=C[C+](C(C)C(CCCO)NCC(C)O)C=N3)c2)[OH+]1. The lowest BCUT2D eigenvalue weighted by molar-refractivity contribution is -0.0480. The molecule has 2 heterocycles. The van der Waals surface area contributed by atoms with Crippen LogP contribution in [0.25, 0.3) is 0 Å². The van der Waals surface area contributed by atoms with Crippen LogP contribution in [-0.2, 0) is 6.42 Å². The zero-order chi connectivity index (χ0) is 28.2. The summed E-state index contributed by atoms with van der Waals surface area (Å²) in [5.41, 5.74) is 1.54. The third-order valence-corrected chi connectivity index (χ3v) is 7.28. The molecule has 0 bridgehead atoms. The topological polar surface area (TPSA) is 127 Å². The van der Waals surface area contributed by atoms with E-state index in [1.807, 2.05) is 18.2 Å². The molecule has 2 aliphatic heterocycles. The molecule has 0 saturated heterocycles. The van der Waals surface area contributed by atoms with Crippen LogP contribution in [0, 0.1) is 17.9 Å². The van der Waals surface area contributed by atoms with Crippen LogP contribution < -0.4 is 10.1 Å². The van der Waals surface area contributed by atoms with Crippen molar-refractivity contribution in [3.8, 4) is 11.5 Å². The summed E-state index contributed by atoms with van der Waals surface area (Å²) in [6, 6.07) is 5.39. The van der Waals surface area contributed by atoms with Crippen molar-refractivity contribution >= 4 is 6.21 Å². The van der Waals surface area contributed by atoms with Gasteiger partial charge in [0.05, 0.1) is 18.1 Å². The predicted octanol–water partition coefficient (Wildman–Crippen LogP) is 3.54. The monoisotopic (exact) mass is 543 g/mol. The number of ether oxygens (including phenoxy) is 2. The van der Waals surface area contributed by atoms with Crippen LogP contribution >= 0.6 is 0 Å². The number of aryl methyl sites for hydroxylation is 1. The molecule has 2 aliphatic rings. The first kappa shape index (κ1) is 31.0. The lowest BCUT2D eigenvalue weighted by Crippen LogP contribution is -2.41. The molecule has 6 N–H and O–H groups in total. The fourth-order valence-electron chi connectivity index (χ4n) is 4.82. The average Bonchev–Trinajstić information content (AvgIpc) is 3.60. The Kier molecular flexibility index (Phi) is 12.7. The minimum Gasteiger partial charge on any atom is -0.504 e. The van der Waals surface area contributed by atoms with E-state index in [0.29, 0.717) is 30.5 Å². The van der Waals surface area contributed by atoms with Crippen molar-refractivity contribution in [2.24, 2.45) is 10.9 Å². The minimum absolute atomic E-state index is 0.0318. The Bertz CT molecular complexity index is 962. The molecule has 39 heavy (non-hydrogen) atoms. The molecule has 0 aliphatic carbocycles. The highest BCUT2D eigenvalue weighted by atomic mass is 16.5. The zero-order valence-electron chi connectivity index (χ0n) is 23.6. The summed E-state index contributed by atoms with van der Waals surface area (Å²) in [7, 11) is 0. The normalized spacial score (nSPS) is 19.8. The van der Waals surface area contributed by atoms with Gasteiger partial charge in [-0.3, -0.25) is 0 Å². The van der Waals surface area contributed by atoms with Gasteiger partial charge in [-0.25, -0.2) is 0 Å². The van der Waals surface area contributed by atoms with Crippen molar-refractivity contribution in [3.63, 3.8) is 0 Å². The third-order valence-electron chi connectivity index (χ3n) is 7.28. The average molecular weight is 544 g/mol. The van der Waals surface area contributed by atoms with Crippen LogP contribution in [0.1, 0.15) is 64.9 Å². The van der Waals surface area contributed by atoms with Crippen molar-refractivity contribution in [3.05, 3.63) is 59.7 Å². The molecule has 0 spiro atoms. The van der Waals surface area contributed by atoms with Crippen molar-refractivity contribution in [1.29, 1.82) is 0 Å². The third kappa shape index (κ3) is 9.89. The zero-order valence-corrected chi connectivity index (χ0v) is 23.6. The molecular weight excluding hydrogens is 496 g/mol. The second kappa shape index (κ2) is 15.9. The van der Waals surface area contributed by atoms with Crippen LogP contribution in [0.3, 0.4) is 0 Å². The van der Waals surface area contributed by atoms with E-state index < -0.39 is 12.2 Å². The van der Waals surface area contributed by atoms with Crippen molar-refractivity contribution in [1.82, 2.24) is 5.32 Å². The summed E-state index contributed by atoms with van der Waals surface area (Å²) in [4.78, 5) is 4.41. The Morgan fingerprint density at radius 3 is 2.79 bits per heavy atom. The van der Waals surface area contributed by atoms with Crippen LogP contribution in [-0.4, -0.2) is 75.5 Å². The molecule has 0 amide bonds. The van der Waals surface area contributed by atoms with Crippen LogP contribution in [0.15, 0.2) is 47.1 Å². The van der Waals surface area contributed by atoms with Gasteiger partial charge < -0.3 is 35.2 Å². The smallest absolute Gasteiger partial charge is 0.207 e. The van der Waals surface area contributed by atoms with E-state index in [-0.39, 0.29) is 30.9 Å². The maximum atomic E-state index is 10.8. The molecule has 1 aromatic carbocycles.